The topological polar surface area (TPSA) is 25.8 Å². The van der Waals surface area contributed by atoms with Crippen molar-refractivity contribution in [3.63, 3.8) is 0 Å². The third-order valence-corrected chi connectivity index (χ3v) is 14.1. The van der Waals surface area contributed by atoms with E-state index in [0.29, 0.717) is 5.92 Å². The van der Waals surface area contributed by atoms with Crippen molar-refractivity contribution in [1.82, 2.24) is 4.57 Å². The lowest BCUT2D eigenvalue weighted by atomic mass is 9.87. The minimum atomic E-state index is -1.83. The predicted octanol–water partition coefficient (Wildman–Crippen LogP) is 10.8. The van der Waals surface area contributed by atoms with Gasteiger partial charge in [0.2, 0.25) is 5.69 Å². The largest absolute Gasteiger partial charge is 0.455 e. The fourth-order valence-corrected chi connectivity index (χ4v) is 11.5. The number of imidazole rings is 1. The Morgan fingerprint density at radius 2 is 1.40 bits per heavy atom. The van der Waals surface area contributed by atoms with Crippen LogP contribution in [0.1, 0.15) is 30.5 Å². The van der Waals surface area contributed by atoms with Gasteiger partial charge in [0.1, 0.15) is 16.8 Å². The summed E-state index contributed by atoms with van der Waals surface area (Å²) in [5.41, 5.74) is 14.7. The average molecular weight is 730 g/mol. The van der Waals surface area contributed by atoms with Crippen LogP contribution in [-0.4, -0.2) is 12.6 Å². The number of pyridine rings is 1. The molecule has 0 saturated carbocycles. The summed E-state index contributed by atoms with van der Waals surface area (Å²) in [5, 5.41) is 3.80. The number of hydrogen-bond acceptors (Lipinski definition) is 1. The van der Waals surface area contributed by atoms with Crippen LogP contribution in [0.4, 0.5) is 0 Å². The van der Waals surface area contributed by atoms with E-state index in [2.05, 4.69) is 199 Å². The number of aromatic nitrogens is 3. The highest BCUT2D eigenvalue weighted by atomic mass is 28.3. The van der Waals surface area contributed by atoms with Gasteiger partial charge in [-0.3, -0.25) is 0 Å². The Hall–Kier alpha value is -6.04. The molecule has 266 valence electrons. The highest BCUT2D eigenvalue weighted by Gasteiger charge is 2.67. The van der Waals surface area contributed by atoms with E-state index in [1.807, 2.05) is 0 Å². The molecule has 11 rings (SSSR count). The Balaban J connectivity index is 1.37. The molecule has 55 heavy (non-hydrogen) atoms. The van der Waals surface area contributed by atoms with E-state index < -0.39 is 13.7 Å². The summed E-state index contributed by atoms with van der Waals surface area (Å²) < 4.78 is 14.8. The molecule has 0 radical (unpaired) electrons. The lowest BCUT2D eigenvalue weighted by Gasteiger charge is -2.24. The van der Waals surface area contributed by atoms with Crippen LogP contribution in [0.2, 0.25) is 19.6 Å². The molecule has 0 bridgehead atoms. The first-order valence-corrected chi connectivity index (χ1v) is 23.1. The van der Waals surface area contributed by atoms with Crippen LogP contribution in [0, 0.1) is 5.92 Å². The number of fused-ring (bicyclic) bond motifs is 16. The average Bonchev–Trinajstić information content (AvgIpc) is 3.90. The molecule has 2 aliphatic rings. The summed E-state index contributed by atoms with van der Waals surface area (Å²) in [6, 6.07) is 53.6. The number of rotatable bonds is 5. The van der Waals surface area contributed by atoms with Crippen LogP contribution in [0.25, 0.3) is 72.4 Å². The number of hydrogen-bond donors (Lipinski definition) is 0. The maximum absolute atomic E-state index is 7.01. The summed E-state index contributed by atoms with van der Waals surface area (Å²) in [7, 11) is -1.83. The molecule has 0 amide bonds. The molecule has 1 atom stereocenters. The van der Waals surface area contributed by atoms with E-state index >= 15 is 0 Å². The molecular weight excluding hydrogens is 687 g/mol. The molecular formula is C50H43N3OSi+2. The minimum Gasteiger partial charge on any atom is -0.455 e. The molecule has 1 spiro atoms. The second-order valence-electron chi connectivity index (χ2n) is 16.9. The first kappa shape index (κ1) is 32.4. The maximum Gasteiger partial charge on any atom is 0.364 e. The molecule has 3 aromatic heterocycles. The normalized spacial score (nSPS) is 15.7. The monoisotopic (exact) mass is 729 g/mol. The van der Waals surface area contributed by atoms with Gasteiger partial charge in [0.05, 0.1) is 24.8 Å². The molecule has 2 aliphatic heterocycles. The van der Waals surface area contributed by atoms with E-state index in [9.17, 15) is 0 Å². The zero-order valence-electron chi connectivity index (χ0n) is 32.0. The molecule has 4 nitrogen and oxygen atoms in total. The van der Waals surface area contributed by atoms with E-state index in [4.69, 9.17) is 4.42 Å². The Morgan fingerprint density at radius 3 is 2.18 bits per heavy atom. The highest BCUT2D eigenvalue weighted by molar-refractivity contribution is 6.89. The van der Waals surface area contributed by atoms with Crippen LogP contribution >= 0.6 is 0 Å². The highest BCUT2D eigenvalue weighted by Crippen LogP contribution is 2.52. The van der Waals surface area contributed by atoms with Crippen molar-refractivity contribution in [3.05, 3.63) is 168 Å². The minimum absolute atomic E-state index is 0.544. The summed E-state index contributed by atoms with van der Waals surface area (Å²) >= 11 is 0. The van der Waals surface area contributed by atoms with Crippen LogP contribution in [0.15, 0.2) is 156 Å². The van der Waals surface area contributed by atoms with Gasteiger partial charge < -0.3 is 4.42 Å². The first-order chi connectivity index (χ1) is 26.7. The van der Waals surface area contributed by atoms with E-state index in [0.717, 1.165) is 45.4 Å². The smallest absolute Gasteiger partial charge is 0.364 e. The first-order valence-electron chi connectivity index (χ1n) is 19.6. The van der Waals surface area contributed by atoms with Crippen LogP contribution in [-0.2, 0) is 12.1 Å². The summed E-state index contributed by atoms with van der Waals surface area (Å²) in [6.07, 6.45) is 3.63. The Kier molecular flexibility index (Phi) is 6.76. The third kappa shape index (κ3) is 4.39. The van der Waals surface area contributed by atoms with Crippen molar-refractivity contribution in [1.29, 1.82) is 0 Å². The molecule has 1 unspecified atom stereocenters. The summed E-state index contributed by atoms with van der Waals surface area (Å²) in [5.74, 6) is 1.67. The Labute approximate surface area is 322 Å². The second-order valence-corrected chi connectivity index (χ2v) is 21.9. The standard InChI is InChI=1S/C50H43N3OSi/c1-32(2)28-35-30-44-39-29-34(33-16-8-6-9-17-33)24-26-40(39)50(51(44)31-46(35)55(3,4)5)41-27-25-38-37-20-12-15-23-45(37)54-48(38)47(41)49-52(36-18-10-7-11-19-36)42-21-13-14-22-43(42)53(49)50/h6-27,29-32H,28H2,1-5H3/q+2. The van der Waals surface area contributed by atoms with Gasteiger partial charge in [-0.25, -0.2) is 0 Å². The molecule has 0 N–H and O–H groups in total. The van der Waals surface area contributed by atoms with Crippen LogP contribution in [0.3, 0.4) is 0 Å². The second kappa shape index (κ2) is 11.5. The lowest BCUT2D eigenvalue weighted by molar-refractivity contribution is -0.944. The number of para-hydroxylation sites is 4. The summed E-state index contributed by atoms with van der Waals surface area (Å²) in [6.45, 7) is 12.2. The van der Waals surface area contributed by atoms with E-state index in [1.165, 1.54) is 55.3 Å². The van der Waals surface area contributed by atoms with Crippen molar-refractivity contribution in [2.45, 2.75) is 45.6 Å². The van der Waals surface area contributed by atoms with Gasteiger partial charge >= 0.3 is 11.5 Å². The molecule has 0 saturated heterocycles. The van der Waals surface area contributed by atoms with Crippen molar-refractivity contribution in [3.8, 4) is 39.5 Å². The van der Waals surface area contributed by atoms with Gasteiger partial charge in [0, 0.05) is 22.0 Å². The summed E-state index contributed by atoms with van der Waals surface area (Å²) in [4.78, 5) is 0. The third-order valence-electron chi connectivity index (χ3n) is 12.0. The lowest BCUT2D eigenvalue weighted by Crippen LogP contribution is -2.72. The molecule has 9 aromatic rings. The van der Waals surface area contributed by atoms with Crippen LogP contribution in [0.5, 0.6) is 0 Å². The quantitative estimate of drug-likeness (QED) is 0.128. The van der Waals surface area contributed by atoms with Gasteiger partial charge in [0.15, 0.2) is 22.8 Å². The predicted molar refractivity (Wildman–Crippen MR) is 227 cm³/mol. The van der Waals surface area contributed by atoms with Crippen molar-refractivity contribution in [2.24, 2.45) is 5.92 Å². The number of benzene rings is 6. The number of furan rings is 1. The maximum atomic E-state index is 7.01. The molecule has 6 aromatic carbocycles. The van der Waals surface area contributed by atoms with Gasteiger partial charge in [-0.2, -0.15) is 4.57 Å². The molecule has 5 heterocycles. The Morgan fingerprint density at radius 1 is 0.691 bits per heavy atom. The van der Waals surface area contributed by atoms with E-state index in [1.54, 1.807) is 0 Å². The SMILES string of the molecule is CC(C)Cc1cc2[n+](cc1[Si](C)(C)C)C1(c3ccc(-c4ccccc4)cc3-2)c2ccc3c(oc4ccccc43)c2-c2n(-c3ccccc3)c3ccccc3[n+]21. The van der Waals surface area contributed by atoms with Gasteiger partial charge in [0.25, 0.3) is 0 Å². The zero-order valence-corrected chi connectivity index (χ0v) is 33.0. The van der Waals surface area contributed by atoms with Gasteiger partial charge in [-0.15, -0.1) is 9.13 Å². The number of nitrogens with zero attached hydrogens (tertiary/aromatic N) is 3. The van der Waals surface area contributed by atoms with Crippen molar-refractivity contribution >= 4 is 46.2 Å². The Bertz CT molecular complexity index is 3020. The molecule has 0 fully saturated rings. The van der Waals surface area contributed by atoms with Crippen LogP contribution < -0.4 is 14.3 Å². The zero-order chi connectivity index (χ0) is 37.2. The fraction of sp³-hybridized carbons (Fsp3) is 0.160. The fourth-order valence-electron chi connectivity index (χ4n) is 9.84. The van der Waals surface area contributed by atoms with Crippen molar-refractivity contribution < 1.29 is 13.6 Å². The van der Waals surface area contributed by atoms with Gasteiger partial charge in [-0.1, -0.05) is 118 Å². The molecule has 5 heteroatoms. The van der Waals surface area contributed by atoms with Crippen molar-refractivity contribution in [2.75, 3.05) is 0 Å². The van der Waals surface area contributed by atoms with E-state index in [-0.39, 0.29) is 0 Å². The van der Waals surface area contributed by atoms with Gasteiger partial charge in [-0.05, 0) is 83.6 Å². The molecule has 0 aliphatic carbocycles.